The van der Waals surface area contributed by atoms with Crippen LogP contribution in [0.2, 0.25) is 5.15 Å². The zero-order chi connectivity index (χ0) is 12.0. The summed E-state index contributed by atoms with van der Waals surface area (Å²) >= 11 is 7.46. The molecule has 1 rings (SSSR count). The van der Waals surface area contributed by atoms with E-state index < -0.39 is 5.97 Å². The van der Waals surface area contributed by atoms with Gasteiger partial charge >= 0.3 is 5.97 Å². The molecule has 1 aromatic rings. The first-order valence-corrected chi connectivity index (χ1v) is 6.55. The van der Waals surface area contributed by atoms with Gasteiger partial charge in [-0.2, -0.15) is 11.8 Å². The van der Waals surface area contributed by atoms with Crippen molar-refractivity contribution < 1.29 is 9.90 Å². The molecule has 2 N–H and O–H groups in total. The number of carboxylic acids is 1. The van der Waals surface area contributed by atoms with E-state index in [2.05, 4.69) is 10.3 Å². The molecule has 0 fully saturated rings. The van der Waals surface area contributed by atoms with Crippen LogP contribution >= 0.6 is 23.4 Å². The van der Waals surface area contributed by atoms with Gasteiger partial charge in [-0.1, -0.05) is 11.6 Å². The summed E-state index contributed by atoms with van der Waals surface area (Å²) < 4.78 is 0. The minimum absolute atomic E-state index is 0.147. The summed E-state index contributed by atoms with van der Waals surface area (Å²) in [5.74, 6) is 0.355. The topological polar surface area (TPSA) is 62.2 Å². The Bertz CT molecular complexity index is 374. The Morgan fingerprint density at radius 3 is 3.00 bits per heavy atom. The van der Waals surface area contributed by atoms with Crippen molar-refractivity contribution in [3.05, 3.63) is 22.8 Å². The summed E-state index contributed by atoms with van der Waals surface area (Å²) in [4.78, 5) is 14.9. The van der Waals surface area contributed by atoms with Crippen LogP contribution in [-0.2, 0) is 0 Å². The minimum Gasteiger partial charge on any atom is -0.478 e. The number of anilines is 1. The van der Waals surface area contributed by atoms with Gasteiger partial charge in [0.25, 0.3) is 0 Å². The molecule has 0 aliphatic carbocycles. The monoisotopic (exact) mass is 260 g/mol. The molecule has 0 spiro atoms. The van der Waals surface area contributed by atoms with Crippen molar-refractivity contribution in [1.29, 1.82) is 0 Å². The Balaban J connectivity index is 2.68. The molecule has 0 aliphatic rings. The summed E-state index contributed by atoms with van der Waals surface area (Å²) in [7, 11) is 0. The van der Waals surface area contributed by atoms with E-state index in [1.165, 1.54) is 12.1 Å². The largest absolute Gasteiger partial charge is 0.478 e. The van der Waals surface area contributed by atoms with Gasteiger partial charge < -0.3 is 10.4 Å². The highest BCUT2D eigenvalue weighted by Crippen LogP contribution is 2.16. The third-order valence-corrected chi connectivity index (χ3v) is 2.82. The lowest BCUT2D eigenvalue weighted by Gasteiger charge is -2.08. The Kier molecular flexibility index (Phi) is 5.42. The maximum absolute atomic E-state index is 10.9. The molecule has 0 bridgehead atoms. The van der Waals surface area contributed by atoms with Gasteiger partial charge in [-0.25, -0.2) is 9.78 Å². The molecule has 0 aliphatic heterocycles. The van der Waals surface area contributed by atoms with Gasteiger partial charge in [0.2, 0.25) is 0 Å². The minimum atomic E-state index is -1.00. The lowest BCUT2D eigenvalue weighted by molar-refractivity contribution is 0.0697. The smallest absolute Gasteiger partial charge is 0.339 e. The van der Waals surface area contributed by atoms with Crippen LogP contribution in [0.3, 0.4) is 0 Å². The average Bonchev–Trinajstić information content (AvgIpc) is 2.24. The average molecular weight is 261 g/mol. The molecule has 0 aromatic carbocycles. The number of halogens is 1. The first-order chi connectivity index (χ1) is 7.65. The number of carboxylic acid groups (broad SMARTS) is 1. The summed E-state index contributed by atoms with van der Waals surface area (Å²) in [6.07, 6.45) is 2.98. The number of hydrogen-bond acceptors (Lipinski definition) is 4. The normalized spacial score (nSPS) is 10.1. The maximum Gasteiger partial charge on any atom is 0.339 e. The number of hydrogen-bond donors (Lipinski definition) is 2. The predicted molar refractivity (Wildman–Crippen MR) is 67.7 cm³/mol. The molecular formula is C10H13ClN2O2S. The lowest BCUT2D eigenvalue weighted by Crippen LogP contribution is -2.10. The van der Waals surface area contributed by atoms with Crippen LogP contribution in [0.25, 0.3) is 0 Å². The van der Waals surface area contributed by atoms with E-state index in [1.807, 2.05) is 6.26 Å². The second kappa shape index (κ2) is 6.60. The molecule has 1 heterocycles. The first-order valence-electron chi connectivity index (χ1n) is 4.78. The van der Waals surface area contributed by atoms with Gasteiger partial charge in [0.05, 0.1) is 0 Å². The van der Waals surface area contributed by atoms with Gasteiger partial charge in [-0.05, 0) is 30.6 Å². The van der Waals surface area contributed by atoms with Crippen LogP contribution < -0.4 is 5.32 Å². The van der Waals surface area contributed by atoms with E-state index in [9.17, 15) is 4.79 Å². The van der Waals surface area contributed by atoms with Crippen molar-refractivity contribution in [3.63, 3.8) is 0 Å². The Labute approximate surface area is 103 Å². The van der Waals surface area contributed by atoms with Gasteiger partial charge in [-0.3, -0.25) is 0 Å². The predicted octanol–water partition coefficient (Wildman–Crippen LogP) is 2.60. The lowest BCUT2D eigenvalue weighted by atomic mass is 10.2. The molecule has 0 saturated heterocycles. The van der Waals surface area contributed by atoms with Gasteiger partial charge in [0, 0.05) is 6.54 Å². The van der Waals surface area contributed by atoms with Crippen LogP contribution in [0.15, 0.2) is 12.1 Å². The van der Waals surface area contributed by atoms with E-state index in [0.717, 1.165) is 12.2 Å². The second-order valence-electron chi connectivity index (χ2n) is 3.11. The van der Waals surface area contributed by atoms with Crippen LogP contribution in [0, 0.1) is 0 Å². The van der Waals surface area contributed by atoms with Gasteiger partial charge in [0.1, 0.15) is 16.5 Å². The number of pyridine rings is 1. The van der Waals surface area contributed by atoms with Crippen LogP contribution in [0.1, 0.15) is 16.8 Å². The molecule has 16 heavy (non-hydrogen) atoms. The zero-order valence-electron chi connectivity index (χ0n) is 8.86. The second-order valence-corrected chi connectivity index (χ2v) is 4.48. The molecular weight excluding hydrogens is 248 g/mol. The first kappa shape index (κ1) is 13.1. The summed E-state index contributed by atoms with van der Waals surface area (Å²) in [5.41, 5.74) is 0.147. The molecule has 4 nitrogen and oxygen atoms in total. The highest BCUT2D eigenvalue weighted by atomic mass is 35.5. The Hall–Kier alpha value is -0.940. The highest BCUT2D eigenvalue weighted by Gasteiger charge is 2.11. The zero-order valence-corrected chi connectivity index (χ0v) is 10.4. The number of aromatic carboxylic acids is 1. The Morgan fingerprint density at radius 2 is 2.38 bits per heavy atom. The molecule has 0 atom stereocenters. The highest BCUT2D eigenvalue weighted by molar-refractivity contribution is 7.98. The molecule has 1 aromatic heterocycles. The molecule has 0 radical (unpaired) electrons. The fraction of sp³-hybridized carbons (Fsp3) is 0.400. The van der Waals surface area contributed by atoms with Crippen molar-refractivity contribution >= 4 is 35.1 Å². The van der Waals surface area contributed by atoms with E-state index in [1.54, 1.807) is 11.8 Å². The number of aromatic nitrogens is 1. The van der Waals surface area contributed by atoms with Crippen molar-refractivity contribution in [2.45, 2.75) is 6.42 Å². The van der Waals surface area contributed by atoms with Gasteiger partial charge in [0.15, 0.2) is 0 Å². The summed E-state index contributed by atoms with van der Waals surface area (Å²) in [6, 6.07) is 2.92. The van der Waals surface area contributed by atoms with E-state index in [4.69, 9.17) is 16.7 Å². The fourth-order valence-corrected chi connectivity index (χ4v) is 1.75. The van der Waals surface area contributed by atoms with Crippen molar-refractivity contribution in [3.8, 4) is 0 Å². The van der Waals surface area contributed by atoms with E-state index in [0.29, 0.717) is 12.4 Å². The van der Waals surface area contributed by atoms with Crippen LogP contribution in [0.4, 0.5) is 5.82 Å². The number of nitrogens with one attached hydrogen (secondary N) is 1. The summed E-state index contributed by atoms with van der Waals surface area (Å²) in [6.45, 7) is 0.689. The Morgan fingerprint density at radius 1 is 1.62 bits per heavy atom. The quantitative estimate of drug-likeness (QED) is 0.608. The van der Waals surface area contributed by atoms with Crippen LogP contribution in [0.5, 0.6) is 0 Å². The van der Waals surface area contributed by atoms with Crippen molar-refractivity contribution in [2.24, 2.45) is 0 Å². The number of rotatable bonds is 6. The third-order valence-electron chi connectivity index (χ3n) is 1.91. The standard InChI is InChI=1S/C10H13ClN2O2S/c1-16-6-2-5-12-9-7(10(14)15)3-4-8(11)13-9/h3-4H,2,5-6H2,1H3,(H,12,13)(H,14,15). The third kappa shape index (κ3) is 3.90. The maximum atomic E-state index is 10.9. The fourth-order valence-electron chi connectivity index (χ4n) is 1.17. The molecule has 0 unspecified atom stereocenters. The number of nitrogens with zero attached hydrogens (tertiary/aromatic N) is 1. The molecule has 6 heteroatoms. The molecule has 88 valence electrons. The van der Waals surface area contributed by atoms with Crippen molar-refractivity contribution in [1.82, 2.24) is 4.98 Å². The van der Waals surface area contributed by atoms with Crippen LogP contribution in [-0.4, -0.2) is 34.6 Å². The number of thioether (sulfide) groups is 1. The number of carbonyl (C=O) groups is 1. The summed E-state index contributed by atoms with van der Waals surface area (Å²) in [5, 5.41) is 12.2. The van der Waals surface area contributed by atoms with Gasteiger partial charge in [-0.15, -0.1) is 0 Å². The molecule has 0 amide bonds. The molecule has 0 saturated carbocycles. The van der Waals surface area contributed by atoms with Crippen molar-refractivity contribution in [2.75, 3.05) is 23.9 Å². The van der Waals surface area contributed by atoms with E-state index in [-0.39, 0.29) is 10.7 Å². The van der Waals surface area contributed by atoms with E-state index >= 15 is 0 Å². The SMILES string of the molecule is CSCCCNc1nc(Cl)ccc1C(=O)O.